The summed E-state index contributed by atoms with van der Waals surface area (Å²) in [6, 6.07) is 10.3. The van der Waals surface area contributed by atoms with Gasteiger partial charge in [-0.3, -0.25) is 0 Å². The quantitative estimate of drug-likeness (QED) is 0.857. The van der Waals surface area contributed by atoms with E-state index in [1.54, 1.807) is 0 Å². The first-order valence-electron chi connectivity index (χ1n) is 5.87. The molecule has 0 atom stereocenters. The molecule has 0 aliphatic rings. The van der Waals surface area contributed by atoms with Gasteiger partial charge in [0.15, 0.2) is 0 Å². The first-order chi connectivity index (χ1) is 8.25. The Morgan fingerprint density at radius 3 is 2.71 bits per heavy atom. The molecule has 2 aromatic rings. The Kier molecular flexibility index (Phi) is 3.88. The zero-order valence-electron chi connectivity index (χ0n) is 10.2. The van der Waals surface area contributed by atoms with Crippen LogP contribution in [-0.4, -0.2) is 22.7 Å². The maximum Gasteiger partial charge on any atom is 0.228 e. The maximum absolute atomic E-state index is 5.20. The third-order valence-electron chi connectivity index (χ3n) is 2.39. The van der Waals surface area contributed by atoms with Crippen molar-refractivity contribution in [2.75, 3.05) is 6.54 Å². The van der Waals surface area contributed by atoms with Gasteiger partial charge >= 0.3 is 0 Å². The number of aromatic nitrogens is 2. The van der Waals surface area contributed by atoms with Gasteiger partial charge in [0.25, 0.3) is 0 Å². The highest BCUT2D eigenvalue weighted by Gasteiger charge is 2.07. The Hall–Kier alpha value is -1.68. The van der Waals surface area contributed by atoms with Crippen LogP contribution in [0.4, 0.5) is 0 Å². The van der Waals surface area contributed by atoms with Gasteiger partial charge in [0, 0.05) is 24.6 Å². The van der Waals surface area contributed by atoms with Crippen LogP contribution >= 0.6 is 0 Å². The highest BCUT2D eigenvalue weighted by molar-refractivity contribution is 5.53. The van der Waals surface area contributed by atoms with E-state index in [4.69, 9.17) is 4.52 Å². The van der Waals surface area contributed by atoms with Gasteiger partial charge in [-0.1, -0.05) is 49.3 Å². The smallest absolute Gasteiger partial charge is 0.228 e. The molecule has 0 amide bonds. The molecular formula is C13H17N3O. The van der Waals surface area contributed by atoms with Crippen LogP contribution in [0.1, 0.15) is 19.7 Å². The number of hydrogen-bond acceptors (Lipinski definition) is 4. The number of benzene rings is 1. The molecule has 1 N–H and O–H groups in total. The van der Waals surface area contributed by atoms with E-state index >= 15 is 0 Å². The Morgan fingerprint density at radius 1 is 1.24 bits per heavy atom. The molecule has 0 aliphatic carbocycles. The summed E-state index contributed by atoms with van der Waals surface area (Å²) in [6.07, 6.45) is 0.762. The summed E-state index contributed by atoms with van der Waals surface area (Å²) in [5.74, 6) is 1.34. The molecule has 90 valence electrons. The second kappa shape index (κ2) is 5.59. The third kappa shape index (κ3) is 3.39. The fourth-order valence-corrected chi connectivity index (χ4v) is 1.53. The molecule has 1 aromatic heterocycles. The van der Waals surface area contributed by atoms with Crippen molar-refractivity contribution in [3.8, 4) is 11.4 Å². The minimum absolute atomic E-state index is 0.478. The van der Waals surface area contributed by atoms with Gasteiger partial charge in [-0.2, -0.15) is 4.98 Å². The standard InChI is InChI=1S/C13H17N3O/c1-10(2)14-9-8-12-15-13(16-17-12)11-6-4-3-5-7-11/h3-7,10,14H,8-9H2,1-2H3. The molecule has 1 aromatic carbocycles. The van der Waals surface area contributed by atoms with Crippen LogP contribution in [0.25, 0.3) is 11.4 Å². The average molecular weight is 231 g/mol. The molecule has 17 heavy (non-hydrogen) atoms. The van der Waals surface area contributed by atoms with E-state index in [0.29, 0.717) is 17.8 Å². The average Bonchev–Trinajstić information content (AvgIpc) is 2.78. The molecule has 1 heterocycles. The minimum atomic E-state index is 0.478. The van der Waals surface area contributed by atoms with E-state index in [1.807, 2.05) is 30.3 Å². The maximum atomic E-state index is 5.20. The molecule has 0 bridgehead atoms. The summed E-state index contributed by atoms with van der Waals surface area (Å²) in [5.41, 5.74) is 0.985. The molecular weight excluding hydrogens is 214 g/mol. The SMILES string of the molecule is CC(C)NCCc1nc(-c2ccccc2)no1. The fourth-order valence-electron chi connectivity index (χ4n) is 1.53. The van der Waals surface area contributed by atoms with Gasteiger partial charge in [0.1, 0.15) is 0 Å². The zero-order valence-corrected chi connectivity index (χ0v) is 10.2. The minimum Gasteiger partial charge on any atom is -0.339 e. The van der Waals surface area contributed by atoms with E-state index in [0.717, 1.165) is 18.5 Å². The second-order valence-corrected chi connectivity index (χ2v) is 4.24. The zero-order chi connectivity index (χ0) is 12.1. The van der Waals surface area contributed by atoms with Crippen molar-refractivity contribution >= 4 is 0 Å². The van der Waals surface area contributed by atoms with Gasteiger partial charge in [0.05, 0.1) is 0 Å². The monoisotopic (exact) mass is 231 g/mol. The lowest BCUT2D eigenvalue weighted by atomic mass is 10.2. The van der Waals surface area contributed by atoms with Crippen LogP contribution in [0.3, 0.4) is 0 Å². The molecule has 4 heteroatoms. The Labute approximate surface area is 101 Å². The Morgan fingerprint density at radius 2 is 2.00 bits per heavy atom. The molecule has 2 rings (SSSR count). The van der Waals surface area contributed by atoms with Crippen LogP contribution in [0, 0.1) is 0 Å². The van der Waals surface area contributed by atoms with E-state index in [2.05, 4.69) is 29.3 Å². The molecule has 0 fully saturated rings. The summed E-state index contributed by atoms with van der Waals surface area (Å²) in [5, 5.41) is 7.29. The third-order valence-corrected chi connectivity index (χ3v) is 2.39. The van der Waals surface area contributed by atoms with Crippen molar-refractivity contribution in [3.63, 3.8) is 0 Å². The van der Waals surface area contributed by atoms with Crippen molar-refractivity contribution in [1.29, 1.82) is 0 Å². The Balaban J connectivity index is 1.97. The highest BCUT2D eigenvalue weighted by Crippen LogP contribution is 2.14. The van der Waals surface area contributed by atoms with Crippen LogP contribution < -0.4 is 5.32 Å². The first kappa shape index (κ1) is 11.8. The number of rotatable bonds is 5. The number of nitrogens with one attached hydrogen (secondary N) is 1. The van der Waals surface area contributed by atoms with Crippen LogP contribution in [0.5, 0.6) is 0 Å². The molecule has 0 saturated heterocycles. The van der Waals surface area contributed by atoms with Crippen molar-refractivity contribution in [3.05, 3.63) is 36.2 Å². The topological polar surface area (TPSA) is 51.0 Å². The van der Waals surface area contributed by atoms with Gasteiger partial charge in [-0.15, -0.1) is 0 Å². The second-order valence-electron chi connectivity index (χ2n) is 4.24. The van der Waals surface area contributed by atoms with E-state index in [-0.39, 0.29) is 0 Å². The predicted molar refractivity (Wildman–Crippen MR) is 66.6 cm³/mol. The first-order valence-corrected chi connectivity index (χ1v) is 5.87. The summed E-state index contributed by atoms with van der Waals surface area (Å²) in [6.45, 7) is 5.08. The normalized spacial score (nSPS) is 11.0. The Bertz CT molecular complexity index is 451. The van der Waals surface area contributed by atoms with Gasteiger partial charge < -0.3 is 9.84 Å². The largest absolute Gasteiger partial charge is 0.339 e. The molecule has 4 nitrogen and oxygen atoms in total. The van der Waals surface area contributed by atoms with Gasteiger partial charge in [0.2, 0.25) is 11.7 Å². The lowest BCUT2D eigenvalue weighted by molar-refractivity contribution is 0.374. The molecule has 0 aliphatic heterocycles. The summed E-state index contributed by atoms with van der Waals surface area (Å²) < 4.78 is 5.20. The van der Waals surface area contributed by atoms with Crippen molar-refractivity contribution < 1.29 is 4.52 Å². The van der Waals surface area contributed by atoms with Crippen LogP contribution in [0.2, 0.25) is 0 Å². The molecule has 0 unspecified atom stereocenters. The van der Waals surface area contributed by atoms with E-state index in [9.17, 15) is 0 Å². The molecule has 0 saturated carbocycles. The molecule has 0 radical (unpaired) electrons. The summed E-state index contributed by atoms with van der Waals surface area (Å²) in [4.78, 5) is 4.36. The fraction of sp³-hybridized carbons (Fsp3) is 0.385. The van der Waals surface area contributed by atoms with E-state index in [1.165, 1.54) is 0 Å². The number of nitrogens with zero attached hydrogens (tertiary/aromatic N) is 2. The van der Waals surface area contributed by atoms with Crippen LogP contribution in [-0.2, 0) is 6.42 Å². The highest BCUT2D eigenvalue weighted by atomic mass is 16.5. The van der Waals surface area contributed by atoms with Crippen molar-refractivity contribution in [2.45, 2.75) is 26.3 Å². The van der Waals surface area contributed by atoms with Gasteiger partial charge in [-0.25, -0.2) is 0 Å². The van der Waals surface area contributed by atoms with Crippen molar-refractivity contribution in [2.24, 2.45) is 0 Å². The summed E-state index contributed by atoms with van der Waals surface area (Å²) >= 11 is 0. The van der Waals surface area contributed by atoms with Gasteiger partial charge in [-0.05, 0) is 0 Å². The summed E-state index contributed by atoms with van der Waals surface area (Å²) in [7, 11) is 0. The predicted octanol–water partition coefficient (Wildman–Crippen LogP) is 2.28. The lowest BCUT2D eigenvalue weighted by Gasteiger charge is -2.04. The van der Waals surface area contributed by atoms with Crippen molar-refractivity contribution in [1.82, 2.24) is 15.5 Å². The molecule has 0 spiro atoms. The lowest BCUT2D eigenvalue weighted by Crippen LogP contribution is -2.25. The van der Waals surface area contributed by atoms with E-state index < -0.39 is 0 Å². The number of hydrogen-bond donors (Lipinski definition) is 1. The van der Waals surface area contributed by atoms with Crippen LogP contribution in [0.15, 0.2) is 34.9 Å².